The SMILES string of the molecule is O=C(c1cccc(C(F)(F)F)c1)N1CC(S(=O)(=O)C2CCCCC2)C1. The van der Waals surface area contributed by atoms with Gasteiger partial charge in [0.1, 0.15) is 0 Å². The van der Waals surface area contributed by atoms with E-state index in [1.807, 2.05) is 0 Å². The zero-order valence-electron chi connectivity index (χ0n) is 13.6. The first-order valence-electron chi connectivity index (χ1n) is 8.39. The molecule has 1 aliphatic heterocycles. The normalized spacial score (nSPS) is 20.4. The van der Waals surface area contributed by atoms with Crippen LogP contribution in [0.15, 0.2) is 24.3 Å². The summed E-state index contributed by atoms with van der Waals surface area (Å²) in [6.45, 7) is 0.127. The Morgan fingerprint density at radius 2 is 1.68 bits per heavy atom. The molecule has 1 heterocycles. The van der Waals surface area contributed by atoms with Crippen molar-refractivity contribution in [3.8, 4) is 0 Å². The Labute approximate surface area is 144 Å². The summed E-state index contributed by atoms with van der Waals surface area (Å²) in [5.41, 5.74) is -0.950. The standard InChI is InChI=1S/C17H20F3NO3S/c18-17(19,20)13-6-4-5-12(9-13)16(22)21-10-15(11-21)25(23,24)14-7-2-1-3-8-14/h4-6,9,14-15H,1-3,7-8,10-11H2. The molecule has 4 nitrogen and oxygen atoms in total. The van der Waals surface area contributed by atoms with Crippen molar-refractivity contribution in [2.75, 3.05) is 13.1 Å². The van der Waals surface area contributed by atoms with Crippen molar-refractivity contribution in [2.45, 2.75) is 48.8 Å². The van der Waals surface area contributed by atoms with Gasteiger partial charge in [-0.3, -0.25) is 4.79 Å². The second-order valence-corrected chi connectivity index (χ2v) is 9.27. The predicted octanol–water partition coefficient (Wildman–Crippen LogP) is 3.28. The molecule has 25 heavy (non-hydrogen) atoms. The summed E-state index contributed by atoms with van der Waals surface area (Å²) < 4.78 is 63.4. The van der Waals surface area contributed by atoms with E-state index in [0.717, 1.165) is 31.4 Å². The van der Waals surface area contributed by atoms with Crippen molar-refractivity contribution in [1.82, 2.24) is 4.90 Å². The van der Waals surface area contributed by atoms with Crippen LogP contribution >= 0.6 is 0 Å². The van der Waals surface area contributed by atoms with Gasteiger partial charge < -0.3 is 4.90 Å². The van der Waals surface area contributed by atoms with E-state index in [1.165, 1.54) is 17.0 Å². The summed E-state index contributed by atoms with van der Waals surface area (Å²) in [7, 11) is -3.28. The minimum absolute atomic E-state index is 0.0634. The van der Waals surface area contributed by atoms with E-state index < -0.39 is 32.7 Å². The van der Waals surface area contributed by atoms with Gasteiger partial charge in [0.05, 0.1) is 16.1 Å². The molecule has 0 N–H and O–H groups in total. The van der Waals surface area contributed by atoms with Crippen LogP contribution in [0.5, 0.6) is 0 Å². The van der Waals surface area contributed by atoms with Crippen LogP contribution in [0.2, 0.25) is 0 Å². The highest BCUT2D eigenvalue weighted by molar-refractivity contribution is 7.92. The quantitative estimate of drug-likeness (QED) is 0.815. The lowest BCUT2D eigenvalue weighted by atomic mass is 10.0. The molecule has 0 unspecified atom stereocenters. The third-order valence-corrected chi connectivity index (χ3v) is 7.68. The average molecular weight is 375 g/mol. The number of nitrogens with zero attached hydrogens (tertiary/aromatic N) is 1. The van der Waals surface area contributed by atoms with Crippen molar-refractivity contribution < 1.29 is 26.4 Å². The van der Waals surface area contributed by atoms with Crippen molar-refractivity contribution in [1.29, 1.82) is 0 Å². The first-order valence-corrected chi connectivity index (χ1v) is 10.00. The molecule has 1 saturated carbocycles. The number of likely N-dealkylation sites (tertiary alicyclic amines) is 1. The van der Waals surface area contributed by atoms with Crippen molar-refractivity contribution in [3.63, 3.8) is 0 Å². The van der Waals surface area contributed by atoms with Gasteiger partial charge in [0.2, 0.25) is 0 Å². The van der Waals surface area contributed by atoms with Crippen LogP contribution in [0.3, 0.4) is 0 Å². The van der Waals surface area contributed by atoms with Crippen LogP contribution in [0.4, 0.5) is 13.2 Å². The molecule has 8 heteroatoms. The molecular weight excluding hydrogens is 355 g/mol. The first kappa shape index (κ1) is 18.2. The smallest absolute Gasteiger partial charge is 0.336 e. The number of benzene rings is 1. The monoisotopic (exact) mass is 375 g/mol. The van der Waals surface area contributed by atoms with E-state index in [-0.39, 0.29) is 23.9 Å². The number of hydrogen-bond donors (Lipinski definition) is 0. The van der Waals surface area contributed by atoms with E-state index in [2.05, 4.69) is 0 Å². The lowest BCUT2D eigenvalue weighted by molar-refractivity contribution is -0.137. The van der Waals surface area contributed by atoms with E-state index >= 15 is 0 Å². The fourth-order valence-electron chi connectivity index (χ4n) is 3.49. The molecule has 0 spiro atoms. The highest BCUT2D eigenvalue weighted by atomic mass is 32.2. The largest absolute Gasteiger partial charge is 0.416 e. The van der Waals surface area contributed by atoms with Crippen LogP contribution < -0.4 is 0 Å². The van der Waals surface area contributed by atoms with Crippen LogP contribution in [0.25, 0.3) is 0 Å². The second-order valence-electron chi connectivity index (χ2n) is 6.76. The van der Waals surface area contributed by atoms with Crippen molar-refractivity contribution in [2.24, 2.45) is 0 Å². The van der Waals surface area contributed by atoms with Gasteiger partial charge >= 0.3 is 6.18 Å². The third-order valence-electron chi connectivity index (χ3n) is 5.05. The second kappa shape index (κ2) is 6.63. The topological polar surface area (TPSA) is 54.5 Å². The molecule has 2 fully saturated rings. The molecule has 138 valence electrons. The van der Waals surface area contributed by atoms with E-state index in [1.54, 1.807) is 0 Å². The molecule has 1 saturated heterocycles. The number of carbonyl (C=O) groups excluding carboxylic acids is 1. The number of carbonyl (C=O) groups is 1. The van der Waals surface area contributed by atoms with Gasteiger partial charge in [-0.1, -0.05) is 25.3 Å². The van der Waals surface area contributed by atoms with Gasteiger partial charge in [-0.2, -0.15) is 13.2 Å². The minimum Gasteiger partial charge on any atom is -0.336 e. The number of rotatable bonds is 3. The lowest BCUT2D eigenvalue weighted by Gasteiger charge is -2.41. The fourth-order valence-corrected chi connectivity index (χ4v) is 5.80. The zero-order valence-corrected chi connectivity index (χ0v) is 14.4. The predicted molar refractivity (Wildman–Crippen MR) is 86.9 cm³/mol. The Balaban J connectivity index is 1.65. The molecule has 1 aliphatic carbocycles. The maximum Gasteiger partial charge on any atom is 0.416 e. The minimum atomic E-state index is -4.52. The zero-order chi connectivity index (χ0) is 18.2. The Morgan fingerprint density at radius 3 is 2.28 bits per heavy atom. The molecule has 3 rings (SSSR count). The van der Waals surface area contributed by atoms with Crippen LogP contribution in [-0.4, -0.2) is 42.8 Å². The highest BCUT2D eigenvalue weighted by Gasteiger charge is 2.44. The Hall–Kier alpha value is -1.57. The third kappa shape index (κ3) is 3.68. The summed E-state index contributed by atoms with van der Waals surface area (Å²) in [5, 5.41) is -0.928. The molecular formula is C17H20F3NO3S. The molecule has 1 amide bonds. The van der Waals surface area contributed by atoms with Gasteiger partial charge in [-0.25, -0.2) is 8.42 Å². The lowest BCUT2D eigenvalue weighted by Crippen LogP contribution is -2.58. The van der Waals surface area contributed by atoms with Crippen molar-refractivity contribution in [3.05, 3.63) is 35.4 Å². The van der Waals surface area contributed by atoms with Crippen LogP contribution in [0, 0.1) is 0 Å². The molecule has 2 aliphatic rings. The number of sulfone groups is 1. The maximum atomic E-state index is 12.7. The fraction of sp³-hybridized carbons (Fsp3) is 0.588. The van der Waals surface area contributed by atoms with Gasteiger partial charge in [0.15, 0.2) is 9.84 Å². The maximum absolute atomic E-state index is 12.7. The van der Waals surface area contributed by atoms with E-state index in [4.69, 9.17) is 0 Å². The molecule has 0 aromatic heterocycles. The first-order chi connectivity index (χ1) is 11.7. The van der Waals surface area contributed by atoms with E-state index in [9.17, 15) is 26.4 Å². The average Bonchev–Trinajstić information content (AvgIpc) is 2.53. The summed E-state index contributed by atoms with van der Waals surface area (Å²) in [6, 6.07) is 4.22. The number of amides is 1. The number of halogens is 3. The van der Waals surface area contributed by atoms with Crippen LogP contribution in [-0.2, 0) is 16.0 Å². The summed E-state index contributed by atoms with van der Waals surface area (Å²) >= 11 is 0. The molecule has 0 bridgehead atoms. The molecule has 1 aromatic carbocycles. The van der Waals surface area contributed by atoms with Crippen molar-refractivity contribution >= 4 is 15.7 Å². The van der Waals surface area contributed by atoms with Gasteiger partial charge in [0, 0.05) is 18.7 Å². The summed E-state index contributed by atoms with van der Waals surface area (Å²) in [6.07, 6.45) is -0.317. The molecule has 0 atom stereocenters. The Kier molecular flexibility index (Phi) is 4.83. The van der Waals surface area contributed by atoms with E-state index in [0.29, 0.717) is 12.8 Å². The van der Waals surface area contributed by atoms with Gasteiger partial charge in [0.25, 0.3) is 5.91 Å². The van der Waals surface area contributed by atoms with Gasteiger partial charge in [-0.05, 0) is 31.0 Å². The summed E-state index contributed by atoms with van der Waals surface area (Å²) in [5.74, 6) is -0.554. The Morgan fingerprint density at radius 1 is 1.04 bits per heavy atom. The Bertz CT molecular complexity index is 749. The molecule has 1 aromatic rings. The van der Waals surface area contributed by atoms with Gasteiger partial charge in [-0.15, -0.1) is 0 Å². The molecule has 0 radical (unpaired) electrons. The van der Waals surface area contributed by atoms with Crippen LogP contribution in [0.1, 0.15) is 48.0 Å². The summed E-state index contributed by atoms with van der Waals surface area (Å²) in [4.78, 5) is 13.6. The highest BCUT2D eigenvalue weighted by Crippen LogP contribution is 2.32. The number of hydrogen-bond acceptors (Lipinski definition) is 3. The number of alkyl halides is 3.